The number of nitrogens with one attached hydrogen (secondary N) is 1. The Bertz CT molecular complexity index is 416. The van der Waals surface area contributed by atoms with Crippen LogP contribution in [0.15, 0.2) is 18.3 Å². The quantitative estimate of drug-likeness (QED) is 0.495. The van der Waals surface area contributed by atoms with Crippen LogP contribution < -0.4 is 10.6 Å². The fourth-order valence-electron chi connectivity index (χ4n) is 1.99. The van der Waals surface area contributed by atoms with Crippen molar-refractivity contribution in [3.63, 3.8) is 0 Å². The predicted molar refractivity (Wildman–Crippen MR) is 62.7 cm³/mol. The molecule has 2 rings (SSSR count). The summed E-state index contributed by atoms with van der Waals surface area (Å²) in [6, 6.07) is 3.53. The fraction of sp³-hybridized carbons (Fsp3) is 0.455. The minimum atomic E-state index is -0.675. The average Bonchev–Trinajstić information content (AvgIpc) is 2.59. The lowest BCUT2D eigenvalue weighted by Crippen LogP contribution is -2.31. The van der Waals surface area contributed by atoms with Crippen LogP contribution in [0.5, 0.6) is 0 Å². The first kappa shape index (κ1) is 10.9. The molecular weight excluding hydrogens is 204 g/mol. The summed E-state index contributed by atoms with van der Waals surface area (Å²) in [6.07, 6.45) is 2.38. The largest absolute Gasteiger partial charge is 0.388 e. The molecule has 0 aliphatic carbocycles. The second-order valence-corrected chi connectivity index (χ2v) is 4.46. The molecule has 1 saturated heterocycles. The molecule has 1 aromatic heterocycles. The van der Waals surface area contributed by atoms with Gasteiger partial charge < -0.3 is 15.7 Å². The molecule has 0 bridgehead atoms. The molecule has 1 aliphatic rings. The van der Waals surface area contributed by atoms with E-state index in [0.29, 0.717) is 24.3 Å². The topological polar surface area (TPSA) is 86.2 Å². The summed E-state index contributed by atoms with van der Waals surface area (Å²) in [5, 5.41) is 17.4. The molecule has 0 radical (unpaired) electrons. The predicted octanol–water partition coefficient (Wildman–Crippen LogP) is 0.327. The number of pyridine rings is 1. The summed E-state index contributed by atoms with van der Waals surface area (Å²) in [5.74, 6) is 0.697. The number of aliphatic hydroxyl groups is 1. The molecule has 5 nitrogen and oxygen atoms in total. The molecule has 16 heavy (non-hydrogen) atoms. The van der Waals surface area contributed by atoms with E-state index in [1.54, 1.807) is 18.3 Å². The van der Waals surface area contributed by atoms with Crippen LogP contribution in [-0.2, 0) is 0 Å². The van der Waals surface area contributed by atoms with Gasteiger partial charge >= 0.3 is 0 Å². The Balaban J connectivity index is 2.31. The first-order valence-corrected chi connectivity index (χ1v) is 5.26. The highest BCUT2D eigenvalue weighted by Gasteiger charge is 2.33. The second kappa shape index (κ2) is 3.75. The Labute approximate surface area is 94.4 Å². The summed E-state index contributed by atoms with van der Waals surface area (Å²) in [4.78, 5) is 6.21. The highest BCUT2D eigenvalue weighted by atomic mass is 16.3. The van der Waals surface area contributed by atoms with Crippen molar-refractivity contribution < 1.29 is 5.11 Å². The number of nitrogens with two attached hydrogens (primary N) is 1. The summed E-state index contributed by atoms with van der Waals surface area (Å²) < 4.78 is 0. The lowest BCUT2D eigenvalue weighted by molar-refractivity contribution is 0.0839. The Morgan fingerprint density at radius 3 is 3.00 bits per heavy atom. The van der Waals surface area contributed by atoms with Gasteiger partial charge in [0.25, 0.3) is 0 Å². The van der Waals surface area contributed by atoms with Crippen LogP contribution in [-0.4, -0.2) is 34.6 Å². The summed E-state index contributed by atoms with van der Waals surface area (Å²) in [5.41, 5.74) is 5.45. The van der Waals surface area contributed by atoms with Gasteiger partial charge in [0, 0.05) is 19.3 Å². The maximum atomic E-state index is 9.90. The average molecular weight is 220 g/mol. The third-order valence-corrected chi connectivity index (χ3v) is 2.83. The van der Waals surface area contributed by atoms with Crippen molar-refractivity contribution in [2.75, 3.05) is 18.0 Å². The van der Waals surface area contributed by atoms with Crippen molar-refractivity contribution in [2.24, 2.45) is 5.73 Å². The van der Waals surface area contributed by atoms with Crippen molar-refractivity contribution >= 4 is 11.7 Å². The third-order valence-electron chi connectivity index (χ3n) is 2.83. The first-order valence-electron chi connectivity index (χ1n) is 5.26. The molecule has 5 heteroatoms. The molecule has 1 atom stereocenters. The number of nitrogen functional groups attached to an aromatic ring is 1. The Hall–Kier alpha value is -1.62. The first-order chi connectivity index (χ1) is 7.49. The molecule has 4 N–H and O–H groups in total. The van der Waals surface area contributed by atoms with Gasteiger partial charge in [0.2, 0.25) is 0 Å². The van der Waals surface area contributed by atoms with Crippen molar-refractivity contribution in [1.29, 1.82) is 5.41 Å². The molecule has 1 aromatic rings. The van der Waals surface area contributed by atoms with E-state index in [4.69, 9.17) is 11.1 Å². The highest BCUT2D eigenvalue weighted by molar-refractivity contribution is 5.99. The van der Waals surface area contributed by atoms with E-state index in [1.165, 1.54) is 0 Å². The highest BCUT2D eigenvalue weighted by Crippen LogP contribution is 2.26. The number of hydrogen-bond donors (Lipinski definition) is 3. The molecule has 0 amide bonds. The molecular formula is C11H16N4O. The number of amidine groups is 1. The van der Waals surface area contributed by atoms with Crippen LogP contribution in [0.25, 0.3) is 0 Å². The van der Waals surface area contributed by atoms with E-state index in [0.717, 1.165) is 6.54 Å². The van der Waals surface area contributed by atoms with Crippen LogP contribution >= 0.6 is 0 Å². The number of anilines is 1. The maximum absolute atomic E-state index is 9.90. The molecule has 1 fully saturated rings. The van der Waals surface area contributed by atoms with E-state index >= 15 is 0 Å². The van der Waals surface area contributed by atoms with Gasteiger partial charge in [-0.15, -0.1) is 0 Å². The lowest BCUT2D eigenvalue weighted by atomic mass is 10.1. The molecule has 1 aliphatic heterocycles. The van der Waals surface area contributed by atoms with Gasteiger partial charge in [0.1, 0.15) is 11.7 Å². The Morgan fingerprint density at radius 1 is 1.69 bits per heavy atom. The molecule has 0 aromatic carbocycles. The number of hydrogen-bond acceptors (Lipinski definition) is 4. The van der Waals surface area contributed by atoms with Crippen molar-refractivity contribution in [1.82, 2.24) is 4.98 Å². The molecule has 2 heterocycles. The Morgan fingerprint density at radius 2 is 2.44 bits per heavy atom. The molecule has 1 unspecified atom stereocenters. The van der Waals surface area contributed by atoms with E-state index in [1.807, 2.05) is 11.8 Å². The van der Waals surface area contributed by atoms with E-state index < -0.39 is 5.60 Å². The van der Waals surface area contributed by atoms with Gasteiger partial charge in [-0.2, -0.15) is 0 Å². The number of aromatic nitrogens is 1. The number of β-amino-alcohol motifs (C(OH)–C–C–N with tert-alkyl or cyclic N) is 1. The maximum Gasteiger partial charge on any atom is 0.139 e. The number of nitrogens with zero attached hydrogens (tertiary/aromatic N) is 2. The van der Waals surface area contributed by atoms with Gasteiger partial charge in [-0.1, -0.05) is 0 Å². The fourth-order valence-corrected chi connectivity index (χ4v) is 1.99. The molecule has 86 valence electrons. The van der Waals surface area contributed by atoms with Gasteiger partial charge in [0.05, 0.1) is 11.2 Å². The number of rotatable bonds is 2. The van der Waals surface area contributed by atoms with Gasteiger partial charge in [-0.05, 0) is 25.5 Å². The summed E-state index contributed by atoms with van der Waals surface area (Å²) >= 11 is 0. The van der Waals surface area contributed by atoms with Gasteiger partial charge in [-0.25, -0.2) is 4.98 Å². The van der Waals surface area contributed by atoms with Crippen LogP contribution in [0.2, 0.25) is 0 Å². The van der Waals surface area contributed by atoms with E-state index in [2.05, 4.69) is 4.98 Å². The minimum absolute atomic E-state index is 0.00893. The van der Waals surface area contributed by atoms with E-state index in [9.17, 15) is 5.11 Å². The summed E-state index contributed by atoms with van der Waals surface area (Å²) in [6.45, 7) is 3.08. The van der Waals surface area contributed by atoms with Crippen molar-refractivity contribution in [3.8, 4) is 0 Å². The van der Waals surface area contributed by atoms with Gasteiger partial charge in [-0.3, -0.25) is 5.41 Å². The standard InChI is InChI=1S/C11H16N4O/c1-11(16)4-6-15(7-11)10-8(9(12)13)3-2-5-14-10/h2-3,5,16H,4,6-7H2,1H3,(H3,12,13). The second-order valence-electron chi connectivity index (χ2n) is 4.46. The Kier molecular flexibility index (Phi) is 2.55. The zero-order valence-corrected chi connectivity index (χ0v) is 9.27. The zero-order valence-electron chi connectivity index (χ0n) is 9.27. The monoisotopic (exact) mass is 220 g/mol. The smallest absolute Gasteiger partial charge is 0.139 e. The normalized spacial score (nSPS) is 24.8. The third kappa shape index (κ3) is 1.99. The minimum Gasteiger partial charge on any atom is -0.388 e. The van der Waals surface area contributed by atoms with Crippen LogP contribution in [0.4, 0.5) is 5.82 Å². The lowest BCUT2D eigenvalue weighted by Gasteiger charge is -2.21. The zero-order chi connectivity index (χ0) is 11.8. The van der Waals surface area contributed by atoms with Crippen molar-refractivity contribution in [2.45, 2.75) is 18.9 Å². The van der Waals surface area contributed by atoms with Crippen LogP contribution in [0.1, 0.15) is 18.9 Å². The van der Waals surface area contributed by atoms with Crippen LogP contribution in [0, 0.1) is 5.41 Å². The molecule has 0 spiro atoms. The van der Waals surface area contributed by atoms with Crippen LogP contribution in [0.3, 0.4) is 0 Å². The van der Waals surface area contributed by atoms with Gasteiger partial charge in [0.15, 0.2) is 0 Å². The SMILES string of the molecule is CC1(O)CCN(c2ncccc2C(=N)N)C1. The summed E-state index contributed by atoms with van der Waals surface area (Å²) in [7, 11) is 0. The molecule has 0 saturated carbocycles. The van der Waals surface area contributed by atoms with Crippen molar-refractivity contribution in [3.05, 3.63) is 23.9 Å². The van der Waals surface area contributed by atoms with E-state index in [-0.39, 0.29) is 5.84 Å².